The Labute approximate surface area is 124 Å². The smallest absolute Gasteiger partial charge is 0.245 e. The fourth-order valence-electron chi connectivity index (χ4n) is 2.43. The van der Waals surface area contributed by atoms with E-state index in [1.54, 1.807) is 0 Å². The van der Waals surface area contributed by atoms with Gasteiger partial charge >= 0.3 is 0 Å². The third kappa shape index (κ3) is 2.89. The van der Waals surface area contributed by atoms with E-state index in [0.29, 0.717) is 0 Å². The third-order valence-electron chi connectivity index (χ3n) is 3.90. The van der Waals surface area contributed by atoms with E-state index in [0.717, 1.165) is 49.2 Å². The lowest BCUT2D eigenvalue weighted by atomic mass is 10.2. The van der Waals surface area contributed by atoms with Gasteiger partial charge in [-0.05, 0) is 38.1 Å². The highest BCUT2D eigenvalue weighted by atomic mass is 15.4. The Kier molecular flexibility index (Phi) is 3.60. The van der Waals surface area contributed by atoms with Crippen LogP contribution >= 0.6 is 0 Å². The Morgan fingerprint density at radius 2 is 1.48 bits per heavy atom. The first-order valence-corrected chi connectivity index (χ1v) is 7.17. The average molecular weight is 284 g/mol. The van der Waals surface area contributed by atoms with Gasteiger partial charge in [-0.1, -0.05) is 0 Å². The maximum absolute atomic E-state index is 5.73. The summed E-state index contributed by atoms with van der Waals surface area (Å²) in [4.78, 5) is 9.06. The zero-order chi connectivity index (χ0) is 14.8. The number of benzene rings is 1. The molecule has 1 aromatic heterocycles. The molecule has 1 aliphatic heterocycles. The molecule has 1 fully saturated rings. The van der Waals surface area contributed by atoms with Crippen LogP contribution in [0.3, 0.4) is 0 Å². The van der Waals surface area contributed by atoms with Crippen LogP contribution < -0.4 is 15.5 Å². The van der Waals surface area contributed by atoms with Crippen LogP contribution in [0.4, 0.5) is 17.3 Å². The number of nitrogens with zero attached hydrogens (tertiary/aromatic N) is 5. The molecule has 0 aliphatic carbocycles. The molecule has 0 amide bonds. The van der Waals surface area contributed by atoms with E-state index in [4.69, 9.17) is 5.73 Å². The standard InChI is InChI=1S/C15H20N6/c1-11-12(2)18-19-15(17-11)21-9-7-20(8-10-21)14-5-3-13(16)4-6-14/h3-6H,7-10,16H2,1-2H3. The lowest BCUT2D eigenvalue weighted by Gasteiger charge is -2.36. The summed E-state index contributed by atoms with van der Waals surface area (Å²) in [5, 5.41) is 8.36. The Morgan fingerprint density at radius 1 is 0.857 bits per heavy atom. The number of aromatic nitrogens is 3. The second-order valence-electron chi connectivity index (χ2n) is 5.35. The summed E-state index contributed by atoms with van der Waals surface area (Å²) < 4.78 is 0. The second kappa shape index (κ2) is 5.55. The first-order valence-electron chi connectivity index (χ1n) is 7.17. The minimum absolute atomic E-state index is 0.732. The third-order valence-corrected chi connectivity index (χ3v) is 3.90. The van der Waals surface area contributed by atoms with E-state index < -0.39 is 0 Å². The summed E-state index contributed by atoms with van der Waals surface area (Å²) >= 11 is 0. The molecule has 3 rings (SSSR count). The lowest BCUT2D eigenvalue weighted by molar-refractivity contribution is 0.632. The molecule has 0 radical (unpaired) electrons. The lowest BCUT2D eigenvalue weighted by Crippen LogP contribution is -2.47. The quantitative estimate of drug-likeness (QED) is 0.841. The molecule has 0 spiro atoms. The van der Waals surface area contributed by atoms with Crippen LogP contribution in [-0.2, 0) is 0 Å². The van der Waals surface area contributed by atoms with E-state index in [2.05, 4.69) is 37.1 Å². The molecule has 0 saturated carbocycles. The molecule has 2 heterocycles. The highest BCUT2D eigenvalue weighted by Gasteiger charge is 2.19. The van der Waals surface area contributed by atoms with Gasteiger partial charge in [-0.15, -0.1) is 5.10 Å². The van der Waals surface area contributed by atoms with Crippen LogP contribution in [0, 0.1) is 13.8 Å². The molecule has 2 N–H and O–H groups in total. The van der Waals surface area contributed by atoms with Crippen LogP contribution in [0.25, 0.3) is 0 Å². The van der Waals surface area contributed by atoms with Gasteiger partial charge in [0.2, 0.25) is 5.95 Å². The van der Waals surface area contributed by atoms with Gasteiger partial charge in [0.25, 0.3) is 0 Å². The van der Waals surface area contributed by atoms with Crippen molar-refractivity contribution in [3.8, 4) is 0 Å². The van der Waals surface area contributed by atoms with Crippen molar-refractivity contribution in [1.82, 2.24) is 15.2 Å². The zero-order valence-electron chi connectivity index (χ0n) is 12.5. The minimum atomic E-state index is 0.732. The number of aryl methyl sites for hydroxylation is 2. The number of hydrogen-bond acceptors (Lipinski definition) is 6. The second-order valence-corrected chi connectivity index (χ2v) is 5.35. The van der Waals surface area contributed by atoms with Crippen molar-refractivity contribution < 1.29 is 0 Å². The van der Waals surface area contributed by atoms with Crippen LogP contribution in [0.5, 0.6) is 0 Å². The Morgan fingerprint density at radius 3 is 2.10 bits per heavy atom. The highest BCUT2D eigenvalue weighted by molar-refractivity contribution is 5.54. The molecule has 110 valence electrons. The Hall–Kier alpha value is -2.37. The molecule has 2 aromatic rings. The van der Waals surface area contributed by atoms with Crippen molar-refractivity contribution in [2.24, 2.45) is 0 Å². The number of nitrogens with two attached hydrogens (primary N) is 1. The van der Waals surface area contributed by atoms with Crippen LogP contribution in [0.1, 0.15) is 11.4 Å². The summed E-state index contributed by atoms with van der Waals surface area (Å²) in [6.45, 7) is 7.58. The van der Waals surface area contributed by atoms with Gasteiger partial charge in [-0.3, -0.25) is 0 Å². The summed E-state index contributed by atoms with van der Waals surface area (Å²) in [5.41, 5.74) is 9.57. The molecule has 6 nitrogen and oxygen atoms in total. The van der Waals surface area contributed by atoms with E-state index >= 15 is 0 Å². The van der Waals surface area contributed by atoms with Gasteiger partial charge in [-0.2, -0.15) is 5.10 Å². The Bertz CT molecular complexity index is 617. The molecule has 0 unspecified atom stereocenters. The molecule has 1 saturated heterocycles. The van der Waals surface area contributed by atoms with Crippen molar-refractivity contribution in [1.29, 1.82) is 0 Å². The fraction of sp³-hybridized carbons (Fsp3) is 0.400. The number of nitrogen functional groups attached to an aromatic ring is 1. The van der Waals surface area contributed by atoms with Gasteiger partial charge in [0.1, 0.15) is 0 Å². The van der Waals surface area contributed by atoms with E-state index in [-0.39, 0.29) is 0 Å². The number of hydrogen-bond donors (Lipinski definition) is 1. The fourth-order valence-corrected chi connectivity index (χ4v) is 2.43. The molecule has 0 atom stereocenters. The number of anilines is 3. The molecule has 21 heavy (non-hydrogen) atoms. The number of rotatable bonds is 2. The molecule has 6 heteroatoms. The van der Waals surface area contributed by atoms with Crippen LogP contribution in [0.2, 0.25) is 0 Å². The largest absolute Gasteiger partial charge is 0.399 e. The SMILES string of the molecule is Cc1nnc(N2CCN(c3ccc(N)cc3)CC2)nc1C. The van der Waals surface area contributed by atoms with Gasteiger partial charge in [0.15, 0.2) is 0 Å². The predicted molar refractivity (Wildman–Crippen MR) is 84.6 cm³/mol. The number of piperazine rings is 1. The van der Waals surface area contributed by atoms with Gasteiger partial charge in [0.05, 0.1) is 11.4 Å². The predicted octanol–water partition coefficient (Wildman–Crippen LogP) is 1.40. The Balaban J connectivity index is 1.67. The van der Waals surface area contributed by atoms with Crippen LogP contribution in [0.15, 0.2) is 24.3 Å². The van der Waals surface area contributed by atoms with Crippen molar-refractivity contribution in [2.75, 3.05) is 41.7 Å². The first-order chi connectivity index (χ1) is 10.1. The molecule has 0 bridgehead atoms. The topological polar surface area (TPSA) is 71.2 Å². The van der Waals surface area contributed by atoms with E-state index in [9.17, 15) is 0 Å². The minimum Gasteiger partial charge on any atom is -0.399 e. The van der Waals surface area contributed by atoms with Gasteiger partial charge in [-0.25, -0.2) is 4.98 Å². The van der Waals surface area contributed by atoms with E-state index in [1.807, 2.05) is 26.0 Å². The normalized spacial score (nSPS) is 15.3. The monoisotopic (exact) mass is 284 g/mol. The molecular weight excluding hydrogens is 264 g/mol. The summed E-state index contributed by atoms with van der Waals surface area (Å²) in [6.07, 6.45) is 0. The van der Waals surface area contributed by atoms with Crippen molar-refractivity contribution in [3.05, 3.63) is 35.7 Å². The van der Waals surface area contributed by atoms with Gasteiger partial charge in [0, 0.05) is 37.6 Å². The summed E-state index contributed by atoms with van der Waals surface area (Å²) in [6, 6.07) is 8.02. The van der Waals surface area contributed by atoms with Crippen molar-refractivity contribution in [2.45, 2.75) is 13.8 Å². The summed E-state index contributed by atoms with van der Waals surface area (Å²) in [7, 11) is 0. The maximum Gasteiger partial charge on any atom is 0.245 e. The average Bonchev–Trinajstić information content (AvgIpc) is 2.51. The molecule has 1 aromatic carbocycles. The van der Waals surface area contributed by atoms with Crippen LogP contribution in [-0.4, -0.2) is 41.4 Å². The zero-order valence-corrected chi connectivity index (χ0v) is 12.5. The van der Waals surface area contributed by atoms with E-state index in [1.165, 1.54) is 5.69 Å². The van der Waals surface area contributed by atoms with Crippen molar-refractivity contribution >= 4 is 17.3 Å². The van der Waals surface area contributed by atoms with Crippen molar-refractivity contribution in [3.63, 3.8) is 0 Å². The maximum atomic E-state index is 5.73. The van der Waals surface area contributed by atoms with Gasteiger partial charge < -0.3 is 15.5 Å². The molecule has 1 aliphatic rings. The first kappa shape index (κ1) is 13.6. The molecular formula is C15H20N6. The highest BCUT2D eigenvalue weighted by Crippen LogP contribution is 2.19. The summed E-state index contributed by atoms with van der Waals surface area (Å²) in [5.74, 6) is 0.732.